The predicted molar refractivity (Wildman–Crippen MR) is 51.8 cm³/mol. The van der Waals surface area contributed by atoms with Crippen molar-refractivity contribution in [2.45, 2.75) is 19.9 Å². The van der Waals surface area contributed by atoms with E-state index in [1.54, 1.807) is 10.8 Å². The number of hydrogen-bond acceptors (Lipinski definition) is 3. The molecule has 1 aromatic heterocycles. The number of hydrogen-bond donors (Lipinski definition) is 1. The van der Waals surface area contributed by atoms with E-state index in [1.165, 1.54) is 0 Å². The summed E-state index contributed by atoms with van der Waals surface area (Å²) in [5, 5.41) is 3.04. The van der Waals surface area contributed by atoms with Gasteiger partial charge >= 0.3 is 5.69 Å². The molecule has 0 fully saturated rings. The van der Waals surface area contributed by atoms with Crippen LogP contribution in [0.3, 0.4) is 0 Å². The summed E-state index contributed by atoms with van der Waals surface area (Å²) in [7, 11) is 1.90. The molecule has 0 spiro atoms. The highest BCUT2D eigenvalue weighted by Crippen LogP contribution is 1.90. The topological polar surface area (TPSA) is 46.9 Å². The van der Waals surface area contributed by atoms with Crippen molar-refractivity contribution in [2.24, 2.45) is 0 Å². The average Bonchev–Trinajstić information content (AvgIpc) is 2.11. The van der Waals surface area contributed by atoms with Gasteiger partial charge < -0.3 is 5.32 Å². The first-order valence-electron chi connectivity index (χ1n) is 4.41. The first kappa shape index (κ1) is 9.92. The highest BCUT2D eigenvalue weighted by atomic mass is 16.1. The van der Waals surface area contributed by atoms with E-state index in [0.29, 0.717) is 0 Å². The van der Waals surface area contributed by atoms with Crippen LogP contribution in [0.25, 0.3) is 0 Å². The predicted octanol–water partition coefficient (Wildman–Crippen LogP) is 0.161. The highest BCUT2D eigenvalue weighted by Gasteiger charge is 1.95. The van der Waals surface area contributed by atoms with Crippen LogP contribution in [0, 0.1) is 6.92 Å². The van der Waals surface area contributed by atoms with Gasteiger partial charge in [0.05, 0.1) is 0 Å². The third-order valence-electron chi connectivity index (χ3n) is 1.81. The van der Waals surface area contributed by atoms with Crippen molar-refractivity contribution in [1.29, 1.82) is 0 Å². The molecular weight excluding hydrogens is 166 g/mol. The quantitative estimate of drug-likeness (QED) is 0.673. The van der Waals surface area contributed by atoms with Crippen LogP contribution in [0.4, 0.5) is 0 Å². The van der Waals surface area contributed by atoms with Crippen LogP contribution >= 0.6 is 0 Å². The molecule has 1 heterocycles. The summed E-state index contributed by atoms with van der Waals surface area (Å²) in [5.74, 6) is 0. The van der Waals surface area contributed by atoms with Gasteiger partial charge in [-0.15, -0.1) is 0 Å². The molecule has 0 aliphatic rings. The Hall–Kier alpha value is -1.16. The molecule has 0 aromatic carbocycles. The summed E-state index contributed by atoms with van der Waals surface area (Å²) in [6, 6.07) is 0. The summed E-state index contributed by atoms with van der Waals surface area (Å²) >= 11 is 0. The van der Waals surface area contributed by atoms with Crippen molar-refractivity contribution in [2.75, 3.05) is 13.6 Å². The number of nitrogens with zero attached hydrogens (tertiary/aromatic N) is 2. The molecule has 0 unspecified atom stereocenters. The summed E-state index contributed by atoms with van der Waals surface area (Å²) in [4.78, 5) is 14.9. The zero-order valence-electron chi connectivity index (χ0n) is 8.08. The van der Waals surface area contributed by atoms with Crippen LogP contribution in [-0.2, 0) is 6.54 Å². The van der Waals surface area contributed by atoms with Gasteiger partial charge in [0, 0.05) is 18.9 Å². The number of aromatic nitrogens is 2. The summed E-state index contributed by atoms with van der Waals surface area (Å²) in [6.45, 7) is 3.58. The maximum Gasteiger partial charge on any atom is 0.347 e. The molecular formula is C9H15N3O. The molecule has 0 aliphatic carbocycles. The van der Waals surface area contributed by atoms with Gasteiger partial charge in [-0.05, 0) is 32.5 Å². The van der Waals surface area contributed by atoms with Crippen molar-refractivity contribution in [3.8, 4) is 0 Å². The van der Waals surface area contributed by atoms with E-state index in [1.807, 2.05) is 20.2 Å². The monoisotopic (exact) mass is 181 g/mol. The molecule has 0 amide bonds. The van der Waals surface area contributed by atoms with Crippen molar-refractivity contribution in [3.05, 3.63) is 28.4 Å². The van der Waals surface area contributed by atoms with Gasteiger partial charge in [0.15, 0.2) is 0 Å². The smallest absolute Gasteiger partial charge is 0.320 e. The normalized spacial score (nSPS) is 10.3. The van der Waals surface area contributed by atoms with E-state index in [4.69, 9.17) is 0 Å². The summed E-state index contributed by atoms with van der Waals surface area (Å²) < 4.78 is 1.65. The Bertz CT molecular complexity index is 319. The molecule has 1 N–H and O–H groups in total. The molecule has 4 heteroatoms. The lowest BCUT2D eigenvalue weighted by atomic mass is 10.3. The lowest BCUT2D eigenvalue weighted by molar-refractivity contribution is 0.584. The minimum Gasteiger partial charge on any atom is -0.320 e. The van der Waals surface area contributed by atoms with E-state index >= 15 is 0 Å². The molecule has 4 nitrogen and oxygen atoms in total. The van der Waals surface area contributed by atoms with E-state index in [9.17, 15) is 4.79 Å². The van der Waals surface area contributed by atoms with Crippen LogP contribution in [0.2, 0.25) is 0 Å². The lowest BCUT2D eigenvalue weighted by Gasteiger charge is -2.04. The van der Waals surface area contributed by atoms with E-state index in [0.717, 1.165) is 25.1 Å². The zero-order valence-corrected chi connectivity index (χ0v) is 8.08. The van der Waals surface area contributed by atoms with E-state index in [-0.39, 0.29) is 5.69 Å². The molecule has 1 aromatic rings. The highest BCUT2D eigenvalue weighted by molar-refractivity contribution is 4.99. The van der Waals surface area contributed by atoms with Gasteiger partial charge in [-0.1, -0.05) is 0 Å². The molecule has 72 valence electrons. The van der Waals surface area contributed by atoms with Crippen LogP contribution in [0.15, 0.2) is 17.2 Å². The Kier molecular flexibility index (Phi) is 3.64. The maximum atomic E-state index is 11.2. The number of aryl methyl sites for hydroxylation is 2. The Morgan fingerprint density at radius 1 is 1.62 bits per heavy atom. The SMILES string of the molecule is CNCCCn1cc(C)cnc1=O. The van der Waals surface area contributed by atoms with Gasteiger partial charge in [-0.2, -0.15) is 0 Å². The molecule has 0 bridgehead atoms. The molecule has 1 rings (SSSR count). The van der Waals surface area contributed by atoms with Gasteiger partial charge in [-0.3, -0.25) is 4.57 Å². The largest absolute Gasteiger partial charge is 0.347 e. The zero-order chi connectivity index (χ0) is 9.68. The fourth-order valence-electron chi connectivity index (χ4n) is 1.15. The van der Waals surface area contributed by atoms with Crippen molar-refractivity contribution in [3.63, 3.8) is 0 Å². The second-order valence-corrected chi connectivity index (χ2v) is 3.06. The molecule has 0 aliphatic heterocycles. The number of rotatable bonds is 4. The maximum absolute atomic E-state index is 11.2. The molecule has 0 saturated heterocycles. The third kappa shape index (κ3) is 2.99. The second kappa shape index (κ2) is 4.77. The Balaban J connectivity index is 2.65. The first-order valence-corrected chi connectivity index (χ1v) is 4.41. The van der Waals surface area contributed by atoms with E-state index in [2.05, 4.69) is 10.3 Å². The first-order chi connectivity index (χ1) is 6.24. The lowest BCUT2D eigenvalue weighted by Crippen LogP contribution is -2.24. The summed E-state index contributed by atoms with van der Waals surface area (Å²) in [5.41, 5.74) is 0.853. The van der Waals surface area contributed by atoms with Crippen molar-refractivity contribution < 1.29 is 0 Å². The van der Waals surface area contributed by atoms with Crippen LogP contribution in [-0.4, -0.2) is 23.1 Å². The average molecular weight is 181 g/mol. The van der Waals surface area contributed by atoms with Gasteiger partial charge in [0.25, 0.3) is 0 Å². The Morgan fingerprint density at radius 2 is 2.38 bits per heavy atom. The van der Waals surface area contributed by atoms with E-state index < -0.39 is 0 Å². The second-order valence-electron chi connectivity index (χ2n) is 3.06. The van der Waals surface area contributed by atoms with Crippen LogP contribution < -0.4 is 11.0 Å². The molecule has 13 heavy (non-hydrogen) atoms. The van der Waals surface area contributed by atoms with Gasteiger partial charge in [0.1, 0.15) is 0 Å². The molecule has 0 atom stereocenters. The minimum atomic E-state index is -0.165. The van der Waals surface area contributed by atoms with Gasteiger partial charge in [-0.25, -0.2) is 9.78 Å². The third-order valence-corrected chi connectivity index (χ3v) is 1.81. The minimum absolute atomic E-state index is 0.165. The number of nitrogens with one attached hydrogen (secondary N) is 1. The molecule has 0 saturated carbocycles. The fraction of sp³-hybridized carbons (Fsp3) is 0.556. The van der Waals surface area contributed by atoms with Crippen molar-refractivity contribution in [1.82, 2.24) is 14.9 Å². The fourth-order valence-corrected chi connectivity index (χ4v) is 1.15. The van der Waals surface area contributed by atoms with Crippen LogP contribution in [0.5, 0.6) is 0 Å². The van der Waals surface area contributed by atoms with Gasteiger partial charge in [0.2, 0.25) is 0 Å². The Morgan fingerprint density at radius 3 is 3.08 bits per heavy atom. The summed E-state index contributed by atoms with van der Waals surface area (Å²) in [6.07, 6.45) is 4.38. The van der Waals surface area contributed by atoms with Crippen LogP contribution in [0.1, 0.15) is 12.0 Å². The Labute approximate surface area is 77.6 Å². The van der Waals surface area contributed by atoms with Crippen molar-refractivity contribution >= 4 is 0 Å². The standard InChI is InChI=1S/C9H15N3O/c1-8-6-11-9(13)12(7-8)5-3-4-10-2/h6-7,10H,3-5H2,1-2H3. The molecule has 0 radical (unpaired) electrons.